The molecule has 2 aliphatic rings. The quantitative estimate of drug-likeness (QED) is 0.599. The first-order chi connectivity index (χ1) is 16.7. The SMILES string of the molecule is COc1ccc(NC(=O)C2CCCCN2S(=O)(=O)c2ccccc2)cc1S(=O)(=O)N1CCCCC1. The lowest BCUT2D eigenvalue weighted by atomic mass is 10.0. The lowest BCUT2D eigenvalue weighted by Gasteiger charge is -2.33. The van der Waals surface area contributed by atoms with Crippen LogP contribution in [-0.4, -0.2) is 64.1 Å². The van der Waals surface area contributed by atoms with Gasteiger partial charge in [0.25, 0.3) is 0 Å². The van der Waals surface area contributed by atoms with Crippen molar-refractivity contribution in [2.45, 2.75) is 54.4 Å². The molecule has 35 heavy (non-hydrogen) atoms. The Morgan fingerprint density at radius 1 is 0.886 bits per heavy atom. The van der Waals surface area contributed by atoms with Crippen LogP contribution in [0.3, 0.4) is 0 Å². The van der Waals surface area contributed by atoms with Crippen LogP contribution in [0.5, 0.6) is 5.75 Å². The van der Waals surface area contributed by atoms with Crippen molar-refractivity contribution >= 4 is 31.6 Å². The lowest BCUT2D eigenvalue weighted by Crippen LogP contribution is -2.49. The molecule has 0 aliphatic carbocycles. The Hall–Kier alpha value is -2.47. The van der Waals surface area contributed by atoms with E-state index in [2.05, 4.69) is 5.32 Å². The number of rotatable bonds is 7. The highest BCUT2D eigenvalue weighted by molar-refractivity contribution is 7.89. The van der Waals surface area contributed by atoms with Gasteiger partial charge in [-0.2, -0.15) is 8.61 Å². The van der Waals surface area contributed by atoms with E-state index in [-0.39, 0.29) is 27.8 Å². The lowest BCUT2D eigenvalue weighted by molar-refractivity contribution is -0.120. The molecule has 2 fully saturated rings. The number of ether oxygens (including phenoxy) is 1. The zero-order valence-electron chi connectivity index (χ0n) is 19.7. The van der Waals surface area contributed by atoms with Gasteiger partial charge in [-0.15, -0.1) is 0 Å². The van der Waals surface area contributed by atoms with E-state index in [1.807, 2.05) is 0 Å². The second-order valence-corrected chi connectivity index (χ2v) is 12.6. The van der Waals surface area contributed by atoms with Crippen molar-refractivity contribution < 1.29 is 26.4 Å². The van der Waals surface area contributed by atoms with Crippen molar-refractivity contribution in [3.63, 3.8) is 0 Å². The molecule has 2 aromatic carbocycles. The Morgan fingerprint density at radius 3 is 2.26 bits per heavy atom. The normalized spacial score (nSPS) is 20.3. The average Bonchev–Trinajstić information content (AvgIpc) is 2.89. The second-order valence-electron chi connectivity index (χ2n) is 8.76. The van der Waals surface area contributed by atoms with Gasteiger partial charge in [0, 0.05) is 25.3 Å². The molecule has 2 aromatic rings. The molecular weight excluding hydrogens is 490 g/mol. The van der Waals surface area contributed by atoms with Gasteiger partial charge in [-0.1, -0.05) is 31.0 Å². The van der Waals surface area contributed by atoms with Crippen LogP contribution in [0.25, 0.3) is 0 Å². The van der Waals surface area contributed by atoms with E-state index >= 15 is 0 Å². The number of sulfonamides is 2. The summed E-state index contributed by atoms with van der Waals surface area (Å²) in [5, 5.41) is 2.75. The van der Waals surface area contributed by atoms with E-state index in [0.717, 1.165) is 25.7 Å². The molecule has 4 rings (SSSR count). The van der Waals surface area contributed by atoms with E-state index in [9.17, 15) is 21.6 Å². The number of piperidine rings is 2. The maximum Gasteiger partial charge on any atom is 0.246 e. The number of anilines is 1. The van der Waals surface area contributed by atoms with Crippen LogP contribution in [0.1, 0.15) is 38.5 Å². The summed E-state index contributed by atoms with van der Waals surface area (Å²) in [5.41, 5.74) is 0.272. The fourth-order valence-corrected chi connectivity index (χ4v) is 7.98. The van der Waals surface area contributed by atoms with Crippen molar-refractivity contribution in [2.24, 2.45) is 0 Å². The number of carbonyl (C=O) groups is 1. The number of nitrogens with zero attached hydrogens (tertiary/aromatic N) is 2. The molecule has 0 radical (unpaired) electrons. The Bertz CT molecular complexity index is 1260. The highest BCUT2D eigenvalue weighted by Gasteiger charge is 2.38. The van der Waals surface area contributed by atoms with Crippen molar-refractivity contribution in [3.05, 3.63) is 48.5 Å². The Kier molecular flexibility index (Phi) is 7.80. The van der Waals surface area contributed by atoms with Crippen molar-refractivity contribution in [1.82, 2.24) is 8.61 Å². The standard InChI is InChI=1S/C24H31N3O6S2/c1-33-22-14-13-19(18-23(22)35(31,32)26-15-7-3-8-16-26)25-24(28)21-12-6-9-17-27(21)34(29,30)20-10-4-2-5-11-20/h2,4-5,10-11,13-14,18,21H,3,6-9,12,15-17H2,1H3,(H,25,28). The summed E-state index contributed by atoms with van der Waals surface area (Å²) in [6, 6.07) is 11.6. The van der Waals surface area contributed by atoms with Gasteiger partial charge in [0.15, 0.2) is 0 Å². The van der Waals surface area contributed by atoms with E-state index in [4.69, 9.17) is 4.74 Å². The number of benzene rings is 2. The molecule has 2 saturated heterocycles. The summed E-state index contributed by atoms with van der Waals surface area (Å²) in [5.74, 6) is -0.296. The smallest absolute Gasteiger partial charge is 0.246 e. The first-order valence-electron chi connectivity index (χ1n) is 11.8. The molecule has 2 heterocycles. The van der Waals surface area contributed by atoms with Crippen molar-refractivity contribution in [1.29, 1.82) is 0 Å². The first-order valence-corrected chi connectivity index (χ1v) is 14.7. The fourth-order valence-electron chi connectivity index (χ4n) is 4.61. The van der Waals surface area contributed by atoms with Crippen LogP contribution in [0, 0.1) is 0 Å². The van der Waals surface area contributed by atoms with E-state index in [0.29, 0.717) is 25.9 Å². The monoisotopic (exact) mass is 521 g/mol. The van der Waals surface area contributed by atoms with Gasteiger partial charge >= 0.3 is 0 Å². The minimum absolute atomic E-state index is 0.0166. The van der Waals surface area contributed by atoms with Crippen LogP contribution in [0.4, 0.5) is 5.69 Å². The Balaban J connectivity index is 1.60. The summed E-state index contributed by atoms with van der Waals surface area (Å²) in [7, 11) is -6.26. The van der Waals surface area contributed by atoms with Gasteiger partial charge in [0.1, 0.15) is 16.7 Å². The third kappa shape index (κ3) is 5.37. The molecule has 0 saturated carbocycles. The average molecular weight is 522 g/mol. The summed E-state index contributed by atoms with van der Waals surface area (Å²) < 4.78 is 61.1. The number of hydrogen-bond acceptors (Lipinski definition) is 6. The number of hydrogen-bond donors (Lipinski definition) is 1. The molecule has 11 heteroatoms. The molecule has 0 spiro atoms. The van der Waals surface area contributed by atoms with Crippen LogP contribution in [0.15, 0.2) is 58.3 Å². The second kappa shape index (κ2) is 10.7. The zero-order valence-corrected chi connectivity index (χ0v) is 21.4. The maximum atomic E-state index is 13.3. The van der Waals surface area contributed by atoms with Crippen molar-refractivity contribution in [2.75, 3.05) is 32.1 Å². The minimum atomic E-state index is -3.86. The summed E-state index contributed by atoms with van der Waals surface area (Å²) in [6.45, 7) is 1.12. The highest BCUT2D eigenvalue weighted by atomic mass is 32.2. The molecule has 0 aromatic heterocycles. The van der Waals surface area contributed by atoms with Gasteiger partial charge in [-0.3, -0.25) is 4.79 Å². The first kappa shape index (κ1) is 25.6. The molecule has 2 aliphatic heterocycles. The Morgan fingerprint density at radius 2 is 1.57 bits per heavy atom. The third-order valence-corrected chi connectivity index (χ3v) is 10.3. The molecular formula is C24H31N3O6S2. The predicted molar refractivity (Wildman–Crippen MR) is 132 cm³/mol. The van der Waals surface area contributed by atoms with Gasteiger partial charge < -0.3 is 10.1 Å². The van der Waals surface area contributed by atoms with Crippen LogP contribution >= 0.6 is 0 Å². The molecule has 1 amide bonds. The topological polar surface area (TPSA) is 113 Å². The molecule has 1 atom stereocenters. The summed E-state index contributed by atoms with van der Waals surface area (Å²) >= 11 is 0. The number of nitrogens with one attached hydrogen (secondary N) is 1. The number of methoxy groups -OCH3 is 1. The number of carbonyl (C=O) groups excluding carboxylic acids is 1. The summed E-state index contributed by atoms with van der Waals surface area (Å²) in [4.78, 5) is 13.4. The third-order valence-electron chi connectivity index (χ3n) is 6.47. The van der Waals surface area contributed by atoms with Crippen molar-refractivity contribution in [3.8, 4) is 5.75 Å². The largest absolute Gasteiger partial charge is 0.495 e. The molecule has 190 valence electrons. The maximum absolute atomic E-state index is 13.3. The zero-order chi connectivity index (χ0) is 25.1. The highest BCUT2D eigenvalue weighted by Crippen LogP contribution is 2.32. The molecule has 0 bridgehead atoms. The van der Waals surface area contributed by atoms with Gasteiger partial charge in [-0.05, 0) is 56.0 Å². The van der Waals surface area contributed by atoms with Gasteiger partial charge in [0.2, 0.25) is 26.0 Å². The fraction of sp³-hybridized carbons (Fsp3) is 0.458. The predicted octanol–water partition coefficient (Wildman–Crippen LogP) is 3.05. The molecule has 1 N–H and O–H groups in total. The van der Waals surface area contributed by atoms with Crippen LogP contribution < -0.4 is 10.1 Å². The molecule has 9 nitrogen and oxygen atoms in total. The van der Waals surface area contributed by atoms with E-state index in [1.165, 1.54) is 40.0 Å². The van der Waals surface area contributed by atoms with E-state index < -0.39 is 32.0 Å². The van der Waals surface area contributed by atoms with E-state index in [1.54, 1.807) is 24.3 Å². The summed E-state index contributed by atoms with van der Waals surface area (Å²) in [6.07, 6.45) is 4.35. The van der Waals surface area contributed by atoms with Crippen LogP contribution in [0.2, 0.25) is 0 Å². The van der Waals surface area contributed by atoms with Crippen LogP contribution in [-0.2, 0) is 24.8 Å². The molecule has 1 unspecified atom stereocenters. The Labute approximate surface area is 207 Å². The van der Waals surface area contributed by atoms with Gasteiger partial charge in [-0.25, -0.2) is 16.8 Å². The van der Waals surface area contributed by atoms with Gasteiger partial charge in [0.05, 0.1) is 12.0 Å². The number of amides is 1. The minimum Gasteiger partial charge on any atom is -0.495 e.